The summed E-state index contributed by atoms with van der Waals surface area (Å²) in [5.41, 5.74) is 0.617. The van der Waals surface area contributed by atoms with Crippen molar-refractivity contribution in [2.24, 2.45) is 0 Å². The van der Waals surface area contributed by atoms with Gasteiger partial charge >= 0.3 is 0 Å². The summed E-state index contributed by atoms with van der Waals surface area (Å²) in [6, 6.07) is 4.73. The number of pyridine rings is 1. The maximum atomic E-state index is 12.6. The number of rotatable bonds is 3. The highest BCUT2D eigenvalue weighted by molar-refractivity contribution is 6.04. The van der Waals surface area contributed by atoms with Crippen molar-refractivity contribution in [1.82, 2.24) is 19.9 Å². The Morgan fingerprint density at radius 3 is 2.62 bits per heavy atom. The van der Waals surface area contributed by atoms with E-state index >= 15 is 0 Å². The number of carbonyl (C=O) groups is 2. The molecule has 2 amide bonds. The van der Waals surface area contributed by atoms with Crippen LogP contribution in [0, 0.1) is 6.92 Å². The Kier molecular flexibility index (Phi) is 4.57. The minimum Gasteiger partial charge on any atom is -0.360 e. The third kappa shape index (κ3) is 3.60. The zero-order valence-electron chi connectivity index (χ0n) is 13.7. The number of nitrogens with one attached hydrogen (secondary N) is 1. The van der Waals surface area contributed by atoms with E-state index in [0.29, 0.717) is 30.2 Å². The zero-order valence-corrected chi connectivity index (χ0v) is 13.7. The van der Waals surface area contributed by atoms with Crippen LogP contribution in [0.5, 0.6) is 0 Å². The Morgan fingerprint density at radius 2 is 1.96 bits per heavy atom. The quantitative estimate of drug-likeness (QED) is 0.904. The summed E-state index contributed by atoms with van der Waals surface area (Å²) >= 11 is 0. The lowest BCUT2D eigenvalue weighted by Gasteiger charge is -2.32. The summed E-state index contributed by atoms with van der Waals surface area (Å²) in [6.07, 6.45) is 1.46. The molecule has 1 aliphatic heterocycles. The Bertz CT molecular complexity index is 750. The molecule has 126 valence electrons. The second kappa shape index (κ2) is 6.79. The third-order valence-electron chi connectivity index (χ3n) is 3.90. The van der Waals surface area contributed by atoms with Gasteiger partial charge in [0.1, 0.15) is 11.5 Å². The number of nitrogens with zero attached hydrogens (tertiary/aromatic N) is 4. The second-order valence-corrected chi connectivity index (χ2v) is 5.80. The average Bonchev–Trinajstić information content (AvgIpc) is 3.00. The van der Waals surface area contributed by atoms with E-state index in [0.717, 1.165) is 13.1 Å². The first-order valence-electron chi connectivity index (χ1n) is 7.71. The van der Waals surface area contributed by atoms with Crippen LogP contribution in [0.4, 0.5) is 5.82 Å². The van der Waals surface area contributed by atoms with E-state index in [1.165, 1.54) is 12.3 Å². The maximum Gasteiger partial charge on any atom is 0.275 e. The first-order chi connectivity index (χ1) is 11.5. The van der Waals surface area contributed by atoms with Crippen molar-refractivity contribution >= 4 is 17.6 Å². The summed E-state index contributed by atoms with van der Waals surface area (Å²) in [6.45, 7) is 4.77. The van der Waals surface area contributed by atoms with E-state index in [-0.39, 0.29) is 11.6 Å². The molecule has 2 aromatic rings. The van der Waals surface area contributed by atoms with E-state index in [1.807, 2.05) is 7.05 Å². The Balaban J connectivity index is 1.71. The van der Waals surface area contributed by atoms with Gasteiger partial charge in [0.15, 0.2) is 5.82 Å². The molecule has 8 nitrogen and oxygen atoms in total. The monoisotopic (exact) mass is 329 g/mol. The van der Waals surface area contributed by atoms with Crippen LogP contribution < -0.4 is 5.32 Å². The van der Waals surface area contributed by atoms with Gasteiger partial charge in [0.05, 0.1) is 0 Å². The fraction of sp³-hybridized carbons (Fsp3) is 0.375. The van der Waals surface area contributed by atoms with Crippen molar-refractivity contribution in [2.75, 3.05) is 38.5 Å². The number of hydrogen-bond donors (Lipinski definition) is 1. The van der Waals surface area contributed by atoms with Crippen LogP contribution in [0.15, 0.2) is 28.9 Å². The highest BCUT2D eigenvalue weighted by Crippen LogP contribution is 2.12. The van der Waals surface area contributed by atoms with Crippen LogP contribution in [0.2, 0.25) is 0 Å². The highest BCUT2D eigenvalue weighted by atomic mass is 16.5. The van der Waals surface area contributed by atoms with Crippen molar-refractivity contribution in [2.45, 2.75) is 6.92 Å². The fourth-order valence-corrected chi connectivity index (χ4v) is 2.49. The van der Waals surface area contributed by atoms with E-state index in [1.54, 1.807) is 24.0 Å². The number of aryl methyl sites for hydroxylation is 1. The molecule has 3 heterocycles. The molecule has 0 saturated carbocycles. The van der Waals surface area contributed by atoms with E-state index in [2.05, 4.69) is 20.4 Å². The van der Waals surface area contributed by atoms with Crippen molar-refractivity contribution in [3.8, 4) is 0 Å². The predicted octanol–water partition coefficient (Wildman–Crippen LogP) is 1.02. The van der Waals surface area contributed by atoms with Gasteiger partial charge in [0.2, 0.25) is 0 Å². The van der Waals surface area contributed by atoms with Gasteiger partial charge in [-0.3, -0.25) is 14.6 Å². The first-order valence-corrected chi connectivity index (χ1v) is 7.71. The smallest absolute Gasteiger partial charge is 0.275 e. The number of amides is 2. The molecule has 1 N–H and O–H groups in total. The molecule has 0 aromatic carbocycles. The zero-order chi connectivity index (χ0) is 17.1. The molecule has 3 rings (SSSR count). The second-order valence-electron chi connectivity index (χ2n) is 5.80. The van der Waals surface area contributed by atoms with Crippen LogP contribution in [0.25, 0.3) is 0 Å². The average molecular weight is 329 g/mol. The van der Waals surface area contributed by atoms with Gasteiger partial charge in [-0.15, -0.1) is 0 Å². The summed E-state index contributed by atoms with van der Waals surface area (Å²) in [4.78, 5) is 32.8. The van der Waals surface area contributed by atoms with Crippen LogP contribution in [0.1, 0.15) is 26.6 Å². The van der Waals surface area contributed by atoms with Crippen molar-refractivity contribution in [3.63, 3.8) is 0 Å². The molecule has 0 atom stereocenters. The number of anilines is 1. The minimum absolute atomic E-state index is 0.0863. The molecule has 1 saturated heterocycles. The van der Waals surface area contributed by atoms with Gasteiger partial charge in [-0.25, -0.2) is 0 Å². The highest BCUT2D eigenvalue weighted by Gasteiger charge is 2.21. The molecule has 1 fully saturated rings. The van der Waals surface area contributed by atoms with Gasteiger partial charge in [0, 0.05) is 44.0 Å². The van der Waals surface area contributed by atoms with Crippen molar-refractivity contribution in [1.29, 1.82) is 0 Å². The fourth-order valence-electron chi connectivity index (χ4n) is 2.49. The molecular weight excluding hydrogens is 310 g/mol. The summed E-state index contributed by atoms with van der Waals surface area (Å²) in [7, 11) is 2.03. The molecular formula is C16H19N5O3. The normalized spacial score (nSPS) is 15.3. The van der Waals surface area contributed by atoms with E-state index in [9.17, 15) is 9.59 Å². The third-order valence-corrected chi connectivity index (χ3v) is 3.90. The van der Waals surface area contributed by atoms with E-state index < -0.39 is 5.91 Å². The van der Waals surface area contributed by atoms with E-state index in [4.69, 9.17) is 4.52 Å². The van der Waals surface area contributed by atoms with Gasteiger partial charge < -0.3 is 19.6 Å². The molecule has 0 bridgehead atoms. The predicted molar refractivity (Wildman–Crippen MR) is 86.8 cm³/mol. The Morgan fingerprint density at radius 1 is 1.21 bits per heavy atom. The first kappa shape index (κ1) is 16.1. The molecule has 8 heteroatoms. The lowest BCUT2D eigenvalue weighted by atomic mass is 10.1. The number of aromatic nitrogens is 2. The number of carbonyl (C=O) groups excluding carboxylic acids is 2. The number of hydrogen-bond acceptors (Lipinski definition) is 6. The SMILES string of the molecule is Cc1cc(NC(=O)c2cc(C(=O)N3CCN(C)CC3)ccn2)no1. The number of likely N-dealkylation sites (N-methyl/N-ethyl adjacent to an activating group) is 1. The molecule has 0 aliphatic carbocycles. The maximum absolute atomic E-state index is 12.6. The van der Waals surface area contributed by atoms with Crippen LogP contribution >= 0.6 is 0 Å². The summed E-state index contributed by atoms with van der Waals surface area (Å²) in [5.74, 6) is 0.389. The molecule has 2 aromatic heterocycles. The Labute approximate surface area is 139 Å². The largest absolute Gasteiger partial charge is 0.360 e. The number of piperazine rings is 1. The minimum atomic E-state index is -0.434. The molecule has 0 radical (unpaired) electrons. The van der Waals surface area contributed by atoms with Gasteiger partial charge in [-0.2, -0.15) is 0 Å². The van der Waals surface area contributed by atoms with Crippen LogP contribution in [-0.2, 0) is 0 Å². The summed E-state index contributed by atoms with van der Waals surface area (Å²) < 4.78 is 4.90. The molecule has 0 spiro atoms. The van der Waals surface area contributed by atoms with Gasteiger partial charge in [-0.05, 0) is 26.1 Å². The van der Waals surface area contributed by atoms with Gasteiger partial charge in [0.25, 0.3) is 11.8 Å². The van der Waals surface area contributed by atoms with Crippen molar-refractivity contribution < 1.29 is 14.1 Å². The topological polar surface area (TPSA) is 91.6 Å². The van der Waals surface area contributed by atoms with Crippen molar-refractivity contribution in [3.05, 3.63) is 41.4 Å². The standard InChI is InChI=1S/C16H19N5O3/c1-11-9-14(19-24-11)18-15(22)13-10-12(3-4-17-13)16(23)21-7-5-20(2)6-8-21/h3-4,9-10H,5-8H2,1-2H3,(H,18,19,22). The summed E-state index contributed by atoms with van der Waals surface area (Å²) in [5, 5.41) is 6.30. The molecule has 1 aliphatic rings. The van der Waals surface area contributed by atoms with Crippen LogP contribution in [0.3, 0.4) is 0 Å². The lowest BCUT2D eigenvalue weighted by Crippen LogP contribution is -2.47. The lowest BCUT2D eigenvalue weighted by molar-refractivity contribution is 0.0664. The van der Waals surface area contributed by atoms with Gasteiger partial charge in [-0.1, -0.05) is 5.16 Å². The molecule has 0 unspecified atom stereocenters. The van der Waals surface area contributed by atoms with Crippen LogP contribution in [-0.4, -0.2) is 65.0 Å². The molecule has 24 heavy (non-hydrogen) atoms. The Hall–Kier alpha value is -2.74.